The normalized spacial score (nSPS) is 25.1. The molecule has 2 aliphatic heterocycles. The average molecular weight is 1120 g/mol. The molecule has 0 radical (unpaired) electrons. The van der Waals surface area contributed by atoms with Crippen molar-refractivity contribution in [2.24, 2.45) is 17.8 Å². The molecule has 18 heteroatoms. The molecule has 2 rings (SSSR count). The number of methoxy groups -OCH3 is 1. The van der Waals surface area contributed by atoms with Crippen molar-refractivity contribution in [3.05, 3.63) is 12.2 Å². The Labute approximate surface area is 475 Å². The van der Waals surface area contributed by atoms with Gasteiger partial charge < -0.3 is 51.4 Å². The summed E-state index contributed by atoms with van der Waals surface area (Å²) >= 11 is 0. The number of fused-ring (bicyclic) bond motifs is 1. The van der Waals surface area contributed by atoms with Gasteiger partial charge in [0.25, 0.3) is 0 Å². The Morgan fingerprint density at radius 3 is 1.49 bits per heavy atom. The highest BCUT2D eigenvalue weighted by atomic mass is 16.5. The van der Waals surface area contributed by atoms with Gasteiger partial charge in [-0.3, -0.25) is 33.6 Å². The minimum absolute atomic E-state index is 0.218. The van der Waals surface area contributed by atoms with Crippen LogP contribution in [0.1, 0.15) is 236 Å². The zero-order valence-corrected chi connectivity index (χ0v) is 50.7. The van der Waals surface area contributed by atoms with Gasteiger partial charge in [0.2, 0.25) is 41.4 Å². The monoisotopic (exact) mass is 1120 g/mol. The number of ether oxygens (including phenoxy) is 2. The number of nitrogens with zero attached hydrogens (tertiary/aromatic N) is 1. The number of esters is 1. The van der Waals surface area contributed by atoms with E-state index in [0.717, 1.165) is 25.7 Å². The second-order valence-corrected chi connectivity index (χ2v) is 23.4. The fourth-order valence-corrected chi connectivity index (χ4v) is 10.3. The molecule has 0 aromatic rings. The number of carbonyl (C=O) groups is 8. The lowest BCUT2D eigenvalue weighted by Gasteiger charge is -2.32. The van der Waals surface area contributed by atoms with Crippen LogP contribution < -0.4 is 31.9 Å². The maximum Gasteiger partial charge on any atom is 0.331 e. The first-order chi connectivity index (χ1) is 37.7. The van der Waals surface area contributed by atoms with Crippen LogP contribution in [0.15, 0.2) is 12.2 Å². The van der Waals surface area contributed by atoms with E-state index in [0.29, 0.717) is 25.7 Å². The predicted molar refractivity (Wildman–Crippen MR) is 310 cm³/mol. The SMILES string of the molecule is CCCCCCCC/C=C/CCCCCCCCCCCCCCC[C@@H]1CC(=O)N[C@@H]([C@@H](C)O)C(=O)N[C@@H](C(C)C)C(=O)N[C@@H](C)C(=O)N2CCC[C@H]2C(=O)N[C@@H]([C@H](C)CC)C(=O)N[C@@H](C(C)C)C(=O)N[C@@H]([C@@H](C)OC)C(=O)O1. The number of nitrogens with one attached hydrogen (secondary N) is 6. The lowest BCUT2D eigenvalue weighted by atomic mass is 9.96. The molecule has 2 fully saturated rings. The molecule has 0 spiro atoms. The van der Waals surface area contributed by atoms with Crippen LogP contribution >= 0.6 is 0 Å². The van der Waals surface area contributed by atoms with E-state index >= 15 is 0 Å². The molecule has 0 bridgehead atoms. The van der Waals surface area contributed by atoms with Crippen molar-refractivity contribution in [1.29, 1.82) is 0 Å². The number of carbonyl (C=O) groups excluding carboxylic acids is 8. The van der Waals surface area contributed by atoms with Crippen LogP contribution in [0.2, 0.25) is 0 Å². The Balaban J connectivity index is 2.23. The molecule has 7 N–H and O–H groups in total. The summed E-state index contributed by atoms with van der Waals surface area (Å²) in [7, 11) is 1.37. The number of cyclic esters (lactones) is 1. The summed E-state index contributed by atoms with van der Waals surface area (Å²) in [6.45, 7) is 17.4. The van der Waals surface area contributed by atoms with Crippen molar-refractivity contribution in [3.63, 3.8) is 0 Å². The van der Waals surface area contributed by atoms with Crippen LogP contribution in [0, 0.1) is 17.8 Å². The molecule has 454 valence electrons. The molecule has 2 aliphatic rings. The number of hydrogen-bond acceptors (Lipinski definition) is 11. The quantitative estimate of drug-likeness (QED) is 0.0205. The Kier molecular flexibility index (Phi) is 35.5. The standard InChI is InChI=1S/C61H109N7O11/c1-12-14-15-16-17-18-19-20-21-22-23-24-25-26-27-28-29-30-31-32-33-34-35-37-47-40-49(70)63-53(45(9)69)59(75)65-50(41(3)4)56(72)62-44(8)60(76)68-39-36-38-48(68)55(71)66-52(43(7)13-2)58(74)64-51(42(5)6)57(73)67-54(46(10)78-11)61(77)79-47/h20-21,41-48,50-54,69H,12-19,22-40H2,1-11H3,(H,62,72)(H,63,70)(H,64,74)(H,65,75)(H,66,71)(H,67,73)/b21-20+/t43-,44+,45-,46-,47-,48+,50+,51+,52+,53+,54+/m1/s1. The fraction of sp³-hybridized carbons (Fsp3) is 0.836. The summed E-state index contributed by atoms with van der Waals surface area (Å²) in [5.74, 6) is -6.96. The highest BCUT2D eigenvalue weighted by Gasteiger charge is 2.41. The molecular formula is C61H109N7O11. The summed E-state index contributed by atoms with van der Waals surface area (Å²) in [6, 6.07) is -8.45. The molecular weight excluding hydrogens is 1010 g/mol. The molecule has 18 nitrogen and oxygen atoms in total. The third-order valence-electron chi connectivity index (χ3n) is 15.8. The molecule has 7 amide bonds. The van der Waals surface area contributed by atoms with Crippen LogP contribution in [-0.4, -0.2) is 132 Å². The molecule has 11 atom stereocenters. The Morgan fingerprint density at radius 1 is 0.570 bits per heavy atom. The Hall–Kier alpha value is -4.58. The first-order valence-corrected chi connectivity index (χ1v) is 30.9. The zero-order valence-electron chi connectivity index (χ0n) is 50.7. The van der Waals surface area contributed by atoms with Gasteiger partial charge in [0.1, 0.15) is 42.4 Å². The first kappa shape index (κ1) is 70.5. The van der Waals surface area contributed by atoms with Crippen molar-refractivity contribution in [1.82, 2.24) is 36.8 Å². The molecule has 0 unspecified atom stereocenters. The second-order valence-electron chi connectivity index (χ2n) is 23.4. The van der Waals surface area contributed by atoms with Gasteiger partial charge in [-0.2, -0.15) is 0 Å². The third kappa shape index (κ3) is 26.7. The molecule has 0 aromatic carbocycles. The summed E-state index contributed by atoms with van der Waals surface area (Å²) < 4.78 is 11.6. The lowest BCUT2D eigenvalue weighted by Crippen LogP contribution is -2.61. The van der Waals surface area contributed by atoms with Gasteiger partial charge in [-0.25, -0.2) is 4.79 Å². The largest absolute Gasteiger partial charge is 0.460 e. The van der Waals surface area contributed by atoms with E-state index in [1.807, 2.05) is 6.92 Å². The highest BCUT2D eigenvalue weighted by molar-refractivity contribution is 5.98. The summed E-state index contributed by atoms with van der Waals surface area (Å²) in [5.41, 5.74) is 0. The van der Waals surface area contributed by atoms with Gasteiger partial charge in [0.15, 0.2) is 6.04 Å². The molecule has 2 heterocycles. The van der Waals surface area contributed by atoms with E-state index in [2.05, 4.69) is 51.0 Å². The number of unbranched alkanes of at least 4 members (excludes halogenated alkanes) is 19. The number of aliphatic hydroxyl groups excluding tert-OH is 1. The Bertz CT molecular complexity index is 1860. The van der Waals surface area contributed by atoms with Gasteiger partial charge in [0.05, 0.1) is 18.6 Å². The summed E-state index contributed by atoms with van der Waals surface area (Å²) in [5, 5.41) is 27.1. The predicted octanol–water partition coefficient (Wildman–Crippen LogP) is 8.15. The first-order valence-electron chi connectivity index (χ1n) is 30.9. The van der Waals surface area contributed by atoms with E-state index < -0.39 is 126 Å². The maximum atomic E-state index is 14.2. The summed E-state index contributed by atoms with van der Waals surface area (Å²) in [4.78, 5) is 114. The average Bonchev–Trinajstić information content (AvgIpc) is 3.95. The van der Waals surface area contributed by atoms with Crippen LogP contribution in [0.5, 0.6) is 0 Å². The number of rotatable bonds is 30. The molecule has 0 aliphatic carbocycles. The van der Waals surface area contributed by atoms with Gasteiger partial charge in [-0.15, -0.1) is 0 Å². The lowest BCUT2D eigenvalue weighted by molar-refractivity contribution is -0.158. The zero-order chi connectivity index (χ0) is 58.9. The number of amides is 7. The number of allylic oxidation sites excluding steroid dienone is 2. The highest BCUT2D eigenvalue weighted by Crippen LogP contribution is 2.22. The van der Waals surface area contributed by atoms with Crippen LogP contribution in [0.4, 0.5) is 0 Å². The Morgan fingerprint density at radius 2 is 1.01 bits per heavy atom. The molecule has 0 saturated carbocycles. The maximum absolute atomic E-state index is 14.2. The fourth-order valence-electron chi connectivity index (χ4n) is 10.3. The van der Waals surface area contributed by atoms with E-state index in [1.165, 1.54) is 129 Å². The van der Waals surface area contributed by atoms with Gasteiger partial charge in [-0.05, 0) is 89.9 Å². The van der Waals surface area contributed by atoms with E-state index in [4.69, 9.17) is 9.47 Å². The van der Waals surface area contributed by atoms with E-state index in [1.54, 1.807) is 41.5 Å². The molecule has 0 aromatic heterocycles. The van der Waals surface area contributed by atoms with E-state index in [-0.39, 0.29) is 19.4 Å². The van der Waals surface area contributed by atoms with Crippen LogP contribution in [0.3, 0.4) is 0 Å². The van der Waals surface area contributed by atoms with Gasteiger partial charge in [-0.1, -0.05) is 170 Å². The smallest absolute Gasteiger partial charge is 0.331 e. The van der Waals surface area contributed by atoms with Crippen molar-refractivity contribution in [3.8, 4) is 0 Å². The van der Waals surface area contributed by atoms with Gasteiger partial charge >= 0.3 is 5.97 Å². The van der Waals surface area contributed by atoms with E-state index in [9.17, 15) is 43.5 Å². The minimum atomic E-state index is -1.52. The number of aliphatic hydroxyl groups is 1. The van der Waals surface area contributed by atoms with Crippen LogP contribution in [-0.2, 0) is 47.8 Å². The second kappa shape index (κ2) is 39.8. The number of hydrogen-bond donors (Lipinski definition) is 7. The molecule has 79 heavy (non-hydrogen) atoms. The topological polar surface area (TPSA) is 251 Å². The van der Waals surface area contributed by atoms with Crippen molar-refractivity contribution in [2.75, 3.05) is 13.7 Å². The van der Waals surface area contributed by atoms with Crippen LogP contribution in [0.25, 0.3) is 0 Å². The summed E-state index contributed by atoms with van der Waals surface area (Å²) in [6.07, 6.45) is 27.6. The van der Waals surface area contributed by atoms with Crippen molar-refractivity contribution < 1.29 is 52.9 Å². The van der Waals surface area contributed by atoms with Crippen molar-refractivity contribution in [2.45, 2.75) is 297 Å². The third-order valence-corrected chi connectivity index (χ3v) is 15.8. The minimum Gasteiger partial charge on any atom is -0.460 e. The molecule has 2 saturated heterocycles. The van der Waals surface area contributed by atoms with Gasteiger partial charge in [0, 0.05) is 13.7 Å². The van der Waals surface area contributed by atoms with Crippen molar-refractivity contribution >= 4 is 47.3 Å².